The van der Waals surface area contributed by atoms with Crippen molar-refractivity contribution >= 4 is 0 Å². The van der Waals surface area contributed by atoms with Crippen molar-refractivity contribution in [2.75, 3.05) is 33.4 Å². The van der Waals surface area contributed by atoms with E-state index in [-0.39, 0.29) is 5.54 Å². The summed E-state index contributed by atoms with van der Waals surface area (Å²) in [4.78, 5) is 2.45. The average molecular weight is 226 g/mol. The molecule has 0 aromatic rings. The molecule has 0 saturated heterocycles. The Labute approximate surface area is 99.6 Å². The first-order chi connectivity index (χ1) is 7.63. The van der Waals surface area contributed by atoms with Gasteiger partial charge in [0.15, 0.2) is 0 Å². The van der Waals surface area contributed by atoms with E-state index in [1.807, 2.05) is 0 Å². The van der Waals surface area contributed by atoms with Gasteiger partial charge in [-0.2, -0.15) is 0 Å². The summed E-state index contributed by atoms with van der Waals surface area (Å²) >= 11 is 0. The monoisotopic (exact) mass is 226 g/mol. The molecule has 1 aliphatic rings. The molecule has 94 valence electrons. The Hall–Kier alpha value is -0.380. The van der Waals surface area contributed by atoms with E-state index >= 15 is 0 Å². The van der Waals surface area contributed by atoms with Gasteiger partial charge >= 0.3 is 0 Å². The highest BCUT2D eigenvalue weighted by Gasteiger charge is 2.24. The molecule has 0 aliphatic carbocycles. The zero-order chi connectivity index (χ0) is 12.0. The van der Waals surface area contributed by atoms with Gasteiger partial charge in [0.1, 0.15) is 0 Å². The maximum absolute atomic E-state index is 6.33. The fourth-order valence-corrected chi connectivity index (χ4v) is 2.13. The Kier molecular flexibility index (Phi) is 5.46. The molecule has 0 atom stereocenters. The Bertz CT molecular complexity index is 234. The second-order valence-electron chi connectivity index (χ2n) is 4.85. The first-order valence-electron chi connectivity index (χ1n) is 6.31. The minimum Gasteiger partial charge on any atom is -0.380 e. The standard InChI is InChI=1S/C13H26N2O/c1-4-13(14,5-2)11-15-8-6-12(7-9-15)10-16-3/h6H,4-5,7-11,14H2,1-3H3. The summed E-state index contributed by atoms with van der Waals surface area (Å²) in [5.74, 6) is 0. The van der Waals surface area contributed by atoms with Crippen molar-refractivity contribution in [3.05, 3.63) is 11.6 Å². The molecular formula is C13H26N2O. The van der Waals surface area contributed by atoms with Crippen LogP contribution in [-0.2, 0) is 4.74 Å². The van der Waals surface area contributed by atoms with Gasteiger partial charge < -0.3 is 10.5 Å². The van der Waals surface area contributed by atoms with Gasteiger partial charge in [0.2, 0.25) is 0 Å². The van der Waals surface area contributed by atoms with E-state index in [4.69, 9.17) is 10.5 Å². The molecule has 1 rings (SSSR count). The van der Waals surface area contributed by atoms with Crippen molar-refractivity contribution in [3.8, 4) is 0 Å². The molecule has 0 aromatic heterocycles. The Morgan fingerprint density at radius 3 is 2.56 bits per heavy atom. The van der Waals surface area contributed by atoms with Crippen molar-refractivity contribution in [2.45, 2.75) is 38.6 Å². The summed E-state index contributed by atoms with van der Waals surface area (Å²) in [5.41, 5.74) is 7.75. The molecule has 0 bridgehead atoms. The molecule has 2 N–H and O–H groups in total. The molecule has 0 radical (unpaired) electrons. The Balaban J connectivity index is 2.42. The maximum Gasteiger partial charge on any atom is 0.0673 e. The van der Waals surface area contributed by atoms with E-state index in [0.29, 0.717) is 0 Å². The highest BCUT2D eigenvalue weighted by Crippen LogP contribution is 2.17. The van der Waals surface area contributed by atoms with Gasteiger partial charge in [0.05, 0.1) is 6.61 Å². The second-order valence-corrected chi connectivity index (χ2v) is 4.85. The highest BCUT2D eigenvalue weighted by molar-refractivity contribution is 5.08. The van der Waals surface area contributed by atoms with Crippen LogP contribution in [0.4, 0.5) is 0 Å². The van der Waals surface area contributed by atoms with Gasteiger partial charge in [-0.25, -0.2) is 0 Å². The smallest absolute Gasteiger partial charge is 0.0673 e. The molecule has 3 nitrogen and oxygen atoms in total. The minimum absolute atomic E-state index is 0.00734. The Morgan fingerprint density at radius 1 is 1.44 bits per heavy atom. The van der Waals surface area contributed by atoms with E-state index in [0.717, 1.165) is 45.5 Å². The summed E-state index contributed by atoms with van der Waals surface area (Å²) in [6, 6.07) is 0. The number of hydrogen-bond donors (Lipinski definition) is 1. The zero-order valence-corrected chi connectivity index (χ0v) is 11.0. The normalized spacial score (nSPS) is 18.6. The number of nitrogens with two attached hydrogens (primary N) is 1. The molecule has 1 heterocycles. The lowest BCUT2D eigenvalue weighted by atomic mass is 9.93. The third-order valence-corrected chi connectivity index (χ3v) is 3.66. The van der Waals surface area contributed by atoms with Crippen molar-refractivity contribution in [2.24, 2.45) is 5.73 Å². The van der Waals surface area contributed by atoms with Gasteiger partial charge in [-0.15, -0.1) is 0 Å². The predicted molar refractivity (Wildman–Crippen MR) is 68.5 cm³/mol. The van der Waals surface area contributed by atoms with Crippen LogP contribution >= 0.6 is 0 Å². The zero-order valence-electron chi connectivity index (χ0n) is 11.0. The average Bonchev–Trinajstić information content (AvgIpc) is 2.32. The van der Waals surface area contributed by atoms with Crippen LogP contribution < -0.4 is 5.73 Å². The van der Waals surface area contributed by atoms with Crippen LogP contribution in [0.25, 0.3) is 0 Å². The van der Waals surface area contributed by atoms with Crippen LogP contribution in [0.3, 0.4) is 0 Å². The number of hydrogen-bond acceptors (Lipinski definition) is 3. The molecule has 0 spiro atoms. The Morgan fingerprint density at radius 2 is 2.12 bits per heavy atom. The van der Waals surface area contributed by atoms with Gasteiger partial charge in [-0.1, -0.05) is 19.9 Å². The number of rotatable bonds is 6. The van der Waals surface area contributed by atoms with Crippen molar-refractivity contribution in [3.63, 3.8) is 0 Å². The summed E-state index contributed by atoms with van der Waals surface area (Å²) in [6.07, 6.45) is 5.51. The van der Waals surface area contributed by atoms with Crippen LogP contribution in [0, 0.1) is 0 Å². The van der Waals surface area contributed by atoms with Crippen LogP contribution in [0.5, 0.6) is 0 Å². The third kappa shape index (κ3) is 3.89. The van der Waals surface area contributed by atoms with E-state index in [9.17, 15) is 0 Å². The lowest BCUT2D eigenvalue weighted by molar-refractivity contribution is 0.191. The fourth-order valence-electron chi connectivity index (χ4n) is 2.13. The lowest BCUT2D eigenvalue weighted by Gasteiger charge is -2.35. The van der Waals surface area contributed by atoms with Crippen LogP contribution in [0.15, 0.2) is 11.6 Å². The van der Waals surface area contributed by atoms with Gasteiger partial charge in [0.25, 0.3) is 0 Å². The third-order valence-electron chi connectivity index (χ3n) is 3.66. The van der Waals surface area contributed by atoms with Crippen molar-refractivity contribution in [1.29, 1.82) is 0 Å². The predicted octanol–water partition coefficient (Wildman–Crippen LogP) is 1.78. The van der Waals surface area contributed by atoms with Crippen molar-refractivity contribution < 1.29 is 4.74 Å². The molecule has 16 heavy (non-hydrogen) atoms. The van der Waals surface area contributed by atoms with E-state index in [1.165, 1.54) is 5.57 Å². The quantitative estimate of drug-likeness (QED) is 0.702. The van der Waals surface area contributed by atoms with Gasteiger partial charge in [0, 0.05) is 32.3 Å². The molecule has 1 aliphatic heterocycles. The summed E-state index contributed by atoms with van der Waals surface area (Å²) in [5, 5.41) is 0. The molecular weight excluding hydrogens is 200 g/mol. The summed E-state index contributed by atoms with van der Waals surface area (Å²) < 4.78 is 5.15. The van der Waals surface area contributed by atoms with E-state index in [2.05, 4.69) is 24.8 Å². The van der Waals surface area contributed by atoms with E-state index in [1.54, 1.807) is 7.11 Å². The van der Waals surface area contributed by atoms with E-state index < -0.39 is 0 Å². The topological polar surface area (TPSA) is 38.5 Å². The first-order valence-corrected chi connectivity index (χ1v) is 6.31. The summed E-state index contributed by atoms with van der Waals surface area (Å²) in [6.45, 7) is 8.30. The molecule has 0 unspecified atom stereocenters. The highest BCUT2D eigenvalue weighted by atomic mass is 16.5. The first kappa shape index (κ1) is 13.7. The summed E-state index contributed by atoms with van der Waals surface area (Å²) in [7, 11) is 1.76. The van der Waals surface area contributed by atoms with Gasteiger partial charge in [-0.3, -0.25) is 4.90 Å². The lowest BCUT2D eigenvalue weighted by Crippen LogP contribution is -2.50. The molecule has 3 heteroatoms. The largest absolute Gasteiger partial charge is 0.380 e. The number of ether oxygens (including phenoxy) is 1. The molecule has 0 saturated carbocycles. The number of methoxy groups -OCH3 is 1. The minimum atomic E-state index is -0.00734. The second kappa shape index (κ2) is 6.38. The SMILES string of the molecule is CCC(N)(CC)CN1CC=C(COC)CC1. The van der Waals surface area contributed by atoms with Crippen molar-refractivity contribution in [1.82, 2.24) is 4.90 Å². The molecule has 0 fully saturated rings. The maximum atomic E-state index is 6.33. The van der Waals surface area contributed by atoms with Crippen LogP contribution in [0.2, 0.25) is 0 Å². The van der Waals surface area contributed by atoms with Crippen LogP contribution in [0.1, 0.15) is 33.1 Å². The molecule has 0 aromatic carbocycles. The van der Waals surface area contributed by atoms with Crippen LogP contribution in [-0.4, -0.2) is 43.8 Å². The number of nitrogens with zero attached hydrogens (tertiary/aromatic N) is 1. The van der Waals surface area contributed by atoms with Gasteiger partial charge in [-0.05, 0) is 24.8 Å². The fraction of sp³-hybridized carbons (Fsp3) is 0.846. The molecule has 0 amide bonds.